The van der Waals surface area contributed by atoms with E-state index in [1.807, 2.05) is 0 Å². The van der Waals surface area contributed by atoms with Gasteiger partial charge in [0.2, 0.25) is 0 Å². The number of thioether (sulfide) groups is 1. The van der Waals surface area contributed by atoms with Crippen molar-refractivity contribution in [3.05, 3.63) is 29.3 Å². The van der Waals surface area contributed by atoms with Crippen molar-refractivity contribution in [2.24, 2.45) is 0 Å². The van der Waals surface area contributed by atoms with Gasteiger partial charge in [-0.25, -0.2) is 0 Å². The molecule has 0 atom stereocenters. The van der Waals surface area contributed by atoms with Gasteiger partial charge < -0.3 is 10.6 Å². The van der Waals surface area contributed by atoms with E-state index in [-0.39, 0.29) is 11.3 Å². The van der Waals surface area contributed by atoms with Crippen molar-refractivity contribution in [2.75, 3.05) is 30.3 Å². The lowest BCUT2D eigenvalue weighted by atomic mass is 10.1. The van der Waals surface area contributed by atoms with Crippen LogP contribution in [0.1, 0.15) is 15.9 Å². The second-order valence-electron chi connectivity index (χ2n) is 4.20. The van der Waals surface area contributed by atoms with Gasteiger partial charge in [-0.15, -0.1) is 0 Å². The molecule has 0 radical (unpaired) electrons. The average Bonchev–Trinajstić information content (AvgIpc) is 2.38. The first-order chi connectivity index (χ1) is 8.89. The monoisotopic (exact) mass is 290 g/mol. The summed E-state index contributed by atoms with van der Waals surface area (Å²) in [6, 6.07) is 2.85. The van der Waals surface area contributed by atoms with Gasteiger partial charge >= 0.3 is 6.18 Å². The lowest BCUT2D eigenvalue weighted by Gasteiger charge is -2.27. The van der Waals surface area contributed by atoms with Gasteiger partial charge in [0, 0.05) is 30.3 Å². The highest BCUT2D eigenvalue weighted by Gasteiger charge is 2.32. The van der Waals surface area contributed by atoms with Crippen molar-refractivity contribution in [3.8, 4) is 0 Å². The normalized spacial score (nSPS) is 16.5. The van der Waals surface area contributed by atoms with Crippen LogP contribution in [0.25, 0.3) is 0 Å². The zero-order chi connectivity index (χ0) is 14.0. The molecule has 2 N–H and O–H groups in total. The smallest absolute Gasteiger partial charge is 0.398 e. The summed E-state index contributed by atoms with van der Waals surface area (Å²) >= 11 is 1.72. The van der Waals surface area contributed by atoms with Crippen molar-refractivity contribution in [3.63, 3.8) is 0 Å². The number of carbonyl (C=O) groups is 1. The molecule has 104 valence electrons. The van der Waals surface area contributed by atoms with E-state index in [2.05, 4.69) is 0 Å². The quantitative estimate of drug-likeness (QED) is 0.808. The molecule has 0 saturated carbocycles. The fourth-order valence-corrected chi connectivity index (χ4v) is 2.76. The maximum absolute atomic E-state index is 12.6. The molecular formula is C12H13F3N2OS. The van der Waals surface area contributed by atoms with Gasteiger partial charge in [0.1, 0.15) is 0 Å². The minimum Gasteiger partial charge on any atom is -0.398 e. The van der Waals surface area contributed by atoms with Crippen LogP contribution in [0.3, 0.4) is 0 Å². The first-order valence-corrected chi connectivity index (χ1v) is 6.89. The van der Waals surface area contributed by atoms with Crippen LogP contribution in [0.15, 0.2) is 18.2 Å². The van der Waals surface area contributed by atoms with Gasteiger partial charge in [0.05, 0.1) is 11.1 Å². The van der Waals surface area contributed by atoms with E-state index in [1.54, 1.807) is 16.7 Å². The Labute approximate surface area is 112 Å². The molecule has 19 heavy (non-hydrogen) atoms. The summed E-state index contributed by atoms with van der Waals surface area (Å²) in [6.45, 7) is 1.08. The molecule has 1 heterocycles. The molecule has 0 unspecified atom stereocenters. The number of rotatable bonds is 1. The molecule has 0 aliphatic carbocycles. The van der Waals surface area contributed by atoms with Gasteiger partial charge in [-0.3, -0.25) is 4.79 Å². The van der Waals surface area contributed by atoms with Crippen molar-refractivity contribution >= 4 is 23.4 Å². The number of halogens is 3. The maximum atomic E-state index is 12.6. The van der Waals surface area contributed by atoms with E-state index in [9.17, 15) is 18.0 Å². The van der Waals surface area contributed by atoms with E-state index >= 15 is 0 Å². The lowest BCUT2D eigenvalue weighted by Crippen LogP contribution is -2.38. The molecular weight excluding hydrogens is 277 g/mol. The molecule has 1 fully saturated rings. The first-order valence-electron chi connectivity index (χ1n) is 5.73. The van der Waals surface area contributed by atoms with Gasteiger partial charge in [0.15, 0.2) is 0 Å². The minimum absolute atomic E-state index is 0.0678. The van der Waals surface area contributed by atoms with Crippen LogP contribution >= 0.6 is 11.8 Å². The molecule has 1 aliphatic rings. The summed E-state index contributed by atoms with van der Waals surface area (Å²) in [6.07, 6.45) is -4.47. The summed E-state index contributed by atoms with van der Waals surface area (Å²) < 4.78 is 37.9. The Morgan fingerprint density at radius 3 is 2.47 bits per heavy atom. The Morgan fingerprint density at radius 2 is 1.89 bits per heavy atom. The topological polar surface area (TPSA) is 46.3 Å². The zero-order valence-corrected chi connectivity index (χ0v) is 10.9. The summed E-state index contributed by atoms with van der Waals surface area (Å²) in [5.41, 5.74) is 4.78. The lowest BCUT2D eigenvalue weighted by molar-refractivity contribution is -0.137. The molecule has 7 heteroatoms. The van der Waals surface area contributed by atoms with Crippen LogP contribution in [0.5, 0.6) is 0 Å². The van der Waals surface area contributed by atoms with Crippen LogP contribution in [0, 0.1) is 0 Å². The largest absolute Gasteiger partial charge is 0.416 e. The third-order valence-corrected chi connectivity index (χ3v) is 3.85. The fourth-order valence-electron chi connectivity index (χ4n) is 1.85. The Bertz CT molecular complexity index is 484. The number of carbonyl (C=O) groups excluding carboxylic acids is 1. The predicted molar refractivity (Wildman–Crippen MR) is 69.1 cm³/mol. The first kappa shape index (κ1) is 14.0. The average molecular weight is 290 g/mol. The molecule has 0 bridgehead atoms. The maximum Gasteiger partial charge on any atom is 0.416 e. The Hall–Kier alpha value is -1.37. The zero-order valence-electron chi connectivity index (χ0n) is 10.0. The van der Waals surface area contributed by atoms with E-state index in [0.29, 0.717) is 13.1 Å². The third-order valence-electron chi connectivity index (χ3n) is 2.91. The molecule has 0 spiro atoms. The molecule has 1 amide bonds. The summed E-state index contributed by atoms with van der Waals surface area (Å²) in [5, 5.41) is 0. The van der Waals surface area contributed by atoms with Crippen LogP contribution in [-0.4, -0.2) is 35.4 Å². The predicted octanol–water partition coefficient (Wildman–Crippen LogP) is 2.48. The Morgan fingerprint density at radius 1 is 1.26 bits per heavy atom. The molecule has 0 aromatic heterocycles. The number of amides is 1. The van der Waals surface area contributed by atoms with E-state index < -0.39 is 17.6 Å². The third kappa shape index (κ3) is 3.15. The van der Waals surface area contributed by atoms with E-state index in [4.69, 9.17) is 5.73 Å². The van der Waals surface area contributed by atoms with Crippen molar-refractivity contribution in [1.29, 1.82) is 0 Å². The SMILES string of the molecule is Nc1ccc(C(F)(F)F)cc1C(=O)N1CCSCC1. The van der Waals surface area contributed by atoms with Crippen LogP contribution in [0.4, 0.5) is 18.9 Å². The second kappa shape index (κ2) is 5.32. The number of nitrogens with two attached hydrogens (primary N) is 1. The molecule has 1 aromatic rings. The second-order valence-corrected chi connectivity index (χ2v) is 5.43. The van der Waals surface area contributed by atoms with Gasteiger partial charge in [0.25, 0.3) is 5.91 Å². The number of hydrogen-bond donors (Lipinski definition) is 1. The molecule has 1 aromatic carbocycles. The Kier molecular flexibility index (Phi) is 3.93. The van der Waals surface area contributed by atoms with Gasteiger partial charge in [-0.2, -0.15) is 24.9 Å². The van der Waals surface area contributed by atoms with E-state index in [0.717, 1.165) is 29.7 Å². The Balaban J connectivity index is 2.30. The molecule has 1 saturated heterocycles. The fraction of sp³-hybridized carbons (Fsp3) is 0.417. The molecule has 3 nitrogen and oxygen atoms in total. The number of nitrogens with zero attached hydrogens (tertiary/aromatic N) is 1. The summed E-state index contributed by atoms with van der Waals surface area (Å²) in [4.78, 5) is 13.7. The number of benzene rings is 1. The minimum atomic E-state index is -4.47. The standard InChI is InChI=1S/C12H13F3N2OS/c13-12(14,15)8-1-2-10(16)9(7-8)11(18)17-3-5-19-6-4-17/h1-2,7H,3-6,16H2. The number of hydrogen-bond acceptors (Lipinski definition) is 3. The summed E-state index contributed by atoms with van der Waals surface area (Å²) in [7, 11) is 0. The van der Waals surface area contributed by atoms with Crippen LogP contribution in [-0.2, 0) is 6.18 Å². The molecule has 2 rings (SSSR count). The number of nitrogen functional groups attached to an aromatic ring is 1. The van der Waals surface area contributed by atoms with Crippen molar-refractivity contribution in [2.45, 2.75) is 6.18 Å². The number of anilines is 1. The highest BCUT2D eigenvalue weighted by Crippen LogP contribution is 2.31. The van der Waals surface area contributed by atoms with Crippen LogP contribution < -0.4 is 5.73 Å². The highest BCUT2D eigenvalue weighted by atomic mass is 32.2. The van der Waals surface area contributed by atoms with E-state index in [1.165, 1.54) is 0 Å². The van der Waals surface area contributed by atoms with Crippen LogP contribution in [0.2, 0.25) is 0 Å². The number of alkyl halides is 3. The molecule has 1 aliphatic heterocycles. The summed E-state index contributed by atoms with van der Waals surface area (Å²) in [5.74, 6) is 1.17. The van der Waals surface area contributed by atoms with Crippen molar-refractivity contribution < 1.29 is 18.0 Å². The van der Waals surface area contributed by atoms with Gasteiger partial charge in [-0.1, -0.05) is 0 Å². The van der Waals surface area contributed by atoms with Crippen molar-refractivity contribution in [1.82, 2.24) is 4.90 Å². The van der Waals surface area contributed by atoms with Gasteiger partial charge in [-0.05, 0) is 18.2 Å². The highest BCUT2D eigenvalue weighted by molar-refractivity contribution is 7.99.